The molecule has 0 saturated carbocycles. The fourth-order valence-corrected chi connectivity index (χ4v) is 3.07. The Morgan fingerprint density at radius 1 is 1.15 bits per heavy atom. The summed E-state index contributed by atoms with van der Waals surface area (Å²) in [4.78, 5) is 7.71. The lowest BCUT2D eigenvalue weighted by Crippen LogP contribution is -2.46. The minimum absolute atomic E-state index is 0.0356. The molecule has 2 aromatic rings. The number of alkyl halides is 5. The van der Waals surface area contributed by atoms with E-state index >= 15 is 0 Å². The van der Waals surface area contributed by atoms with Crippen LogP contribution in [0.15, 0.2) is 30.6 Å². The molecular weight excluding hydrogens is 369 g/mol. The fraction of sp³-hybridized carbons (Fsp3) is 0.412. The lowest BCUT2D eigenvalue weighted by atomic mass is 10.1. The Balaban J connectivity index is 1.67. The van der Waals surface area contributed by atoms with E-state index in [1.54, 1.807) is 0 Å². The molecule has 0 atom stereocenters. The van der Waals surface area contributed by atoms with Gasteiger partial charge in [0, 0.05) is 38.6 Å². The molecule has 1 aromatic carbocycles. The quantitative estimate of drug-likeness (QED) is 0.756. The van der Waals surface area contributed by atoms with Gasteiger partial charge in [0.25, 0.3) is 0 Å². The number of hydrogen-bond donors (Lipinski definition) is 0. The largest absolute Gasteiger partial charge is 0.416 e. The number of nitriles is 1. The zero-order valence-corrected chi connectivity index (χ0v) is 14.1. The summed E-state index contributed by atoms with van der Waals surface area (Å²) in [6.45, 7) is -0.438. The van der Waals surface area contributed by atoms with Gasteiger partial charge in [-0.3, -0.25) is 9.47 Å². The van der Waals surface area contributed by atoms with Gasteiger partial charge in [-0.05, 0) is 18.2 Å². The van der Waals surface area contributed by atoms with Crippen LogP contribution in [-0.2, 0) is 12.7 Å². The summed E-state index contributed by atoms with van der Waals surface area (Å²) in [7, 11) is 0. The van der Waals surface area contributed by atoms with Crippen molar-refractivity contribution in [3.8, 4) is 6.07 Å². The third-order valence-corrected chi connectivity index (χ3v) is 4.48. The second kappa shape index (κ2) is 7.52. The first-order valence-corrected chi connectivity index (χ1v) is 8.18. The number of anilines is 1. The van der Waals surface area contributed by atoms with Crippen LogP contribution in [0.5, 0.6) is 0 Å². The zero-order chi connectivity index (χ0) is 19.6. The monoisotopic (exact) mass is 385 g/mol. The van der Waals surface area contributed by atoms with Crippen molar-refractivity contribution in [2.24, 2.45) is 0 Å². The second-order valence-corrected chi connectivity index (χ2v) is 6.13. The highest BCUT2D eigenvalue weighted by Crippen LogP contribution is 2.33. The smallest absolute Gasteiger partial charge is 0.368 e. The molecule has 144 valence electrons. The van der Waals surface area contributed by atoms with Gasteiger partial charge in [-0.25, -0.2) is 4.98 Å². The van der Waals surface area contributed by atoms with E-state index in [1.807, 2.05) is 15.9 Å². The van der Waals surface area contributed by atoms with Crippen LogP contribution in [-0.4, -0.2) is 40.6 Å². The molecule has 0 N–H and O–H groups in total. The highest BCUT2D eigenvalue weighted by atomic mass is 19.4. The van der Waals surface area contributed by atoms with E-state index in [0.717, 1.165) is 16.7 Å². The number of piperazine rings is 1. The molecule has 0 amide bonds. The molecule has 0 bridgehead atoms. The maximum absolute atomic E-state index is 12.9. The maximum Gasteiger partial charge on any atom is 0.416 e. The molecule has 1 fully saturated rings. The highest BCUT2D eigenvalue weighted by Gasteiger charge is 2.32. The molecule has 0 radical (unpaired) electrons. The lowest BCUT2D eigenvalue weighted by Gasteiger charge is -2.36. The molecule has 0 unspecified atom stereocenters. The lowest BCUT2D eigenvalue weighted by molar-refractivity contribution is -0.137. The predicted molar refractivity (Wildman–Crippen MR) is 87.1 cm³/mol. The van der Waals surface area contributed by atoms with Gasteiger partial charge in [0.1, 0.15) is 11.9 Å². The molecule has 1 aliphatic rings. The number of benzene rings is 1. The summed E-state index contributed by atoms with van der Waals surface area (Å²) < 4.78 is 65.0. The van der Waals surface area contributed by atoms with Crippen molar-refractivity contribution < 1.29 is 22.0 Å². The van der Waals surface area contributed by atoms with E-state index in [4.69, 9.17) is 0 Å². The Kier molecular flexibility index (Phi) is 5.32. The summed E-state index contributed by atoms with van der Waals surface area (Å²) in [6.07, 6.45) is -1.97. The van der Waals surface area contributed by atoms with Crippen LogP contribution in [0.3, 0.4) is 0 Å². The summed E-state index contributed by atoms with van der Waals surface area (Å²) >= 11 is 0. The second-order valence-electron chi connectivity index (χ2n) is 6.13. The number of rotatable bonds is 4. The zero-order valence-electron chi connectivity index (χ0n) is 14.1. The van der Waals surface area contributed by atoms with Crippen LogP contribution in [0.1, 0.15) is 23.5 Å². The molecule has 1 aromatic heterocycles. The van der Waals surface area contributed by atoms with Crippen LogP contribution >= 0.6 is 0 Å². The molecule has 1 aliphatic heterocycles. The van der Waals surface area contributed by atoms with Gasteiger partial charge in [-0.15, -0.1) is 0 Å². The van der Waals surface area contributed by atoms with Crippen LogP contribution in [0, 0.1) is 11.3 Å². The third kappa shape index (κ3) is 4.19. The van der Waals surface area contributed by atoms with Crippen molar-refractivity contribution in [2.45, 2.75) is 19.3 Å². The van der Waals surface area contributed by atoms with Crippen LogP contribution in [0.25, 0.3) is 0 Å². The van der Waals surface area contributed by atoms with Crippen LogP contribution in [0.2, 0.25) is 0 Å². The van der Waals surface area contributed by atoms with Crippen molar-refractivity contribution in [3.63, 3.8) is 0 Å². The average molecular weight is 385 g/mol. The Bertz CT molecular complexity index is 831. The SMILES string of the molecule is N#Cc1cc(C(F)(F)F)ccc1N1CCN(Cc2nccn2C(F)F)CC1. The Morgan fingerprint density at radius 3 is 2.44 bits per heavy atom. The van der Waals surface area contributed by atoms with Gasteiger partial charge >= 0.3 is 12.7 Å². The normalized spacial score (nSPS) is 16.0. The number of halogens is 5. The Labute approximate surface area is 152 Å². The van der Waals surface area contributed by atoms with Gasteiger partial charge in [0.2, 0.25) is 0 Å². The summed E-state index contributed by atoms with van der Waals surface area (Å²) in [5, 5.41) is 9.21. The van der Waals surface area contributed by atoms with Crippen molar-refractivity contribution in [3.05, 3.63) is 47.5 Å². The Morgan fingerprint density at radius 2 is 1.85 bits per heavy atom. The summed E-state index contributed by atoms with van der Waals surface area (Å²) in [5.41, 5.74) is -0.453. The van der Waals surface area contributed by atoms with Crippen LogP contribution in [0.4, 0.5) is 27.6 Å². The Hall–Kier alpha value is -2.67. The minimum atomic E-state index is -4.50. The predicted octanol–water partition coefficient (Wildman–Crippen LogP) is 3.49. The topological polar surface area (TPSA) is 48.1 Å². The molecule has 3 rings (SSSR count). The van der Waals surface area contributed by atoms with Crippen molar-refractivity contribution in [1.29, 1.82) is 5.26 Å². The molecule has 2 heterocycles. The molecular formula is C17H16F5N5. The maximum atomic E-state index is 12.9. The summed E-state index contributed by atoms with van der Waals surface area (Å²) in [5.74, 6) is 0.255. The number of nitrogens with zero attached hydrogens (tertiary/aromatic N) is 5. The van der Waals surface area contributed by atoms with E-state index in [1.165, 1.54) is 18.5 Å². The van der Waals surface area contributed by atoms with Gasteiger partial charge in [-0.1, -0.05) is 0 Å². The number of aromatic nitrogens is 2. The van der Waals surface area contributed by atoms with Gasteiger partial charge in [0.05, 0.1) is 23.4 Å². The first-order chi connectivity index (χ1) is 12.8. The van der Waals surface area contributed by atoms with Gasteiger partial charge in [-0.2, -0.15) is 27.2 Å². The molecule has 5 nitrogen and oxygen atoms in total. The van der Waals surface area contributed by atoms with Crippen LogP contribution < -0.4 is 4.90 Å². The van der Waals surface area contributed by atoms with Gasteiger partial charge < -0.3 is 4.90 Å². The molecule has 0 spiro atoms. The van der Waals surface area contributed by atoms with E-state index in [9.17, 15) is 27.2 Å². The molecule has 10 heteroatoms. The van der Waals surface area contributed by atoms with E-state index < -0.39 is 18.3 Å². The van der Waals surface area contributed by atoms with Crippen molar-refractivity contribution in [2.75, 3.05) is 31.1 Å². The minimum Gasteiger partial charge on any atom is -0.368 e. The van der Waals surface area contributed by atoms with Crippen molar-refractivity contribution in [1.82, 2.24) is 14.5 Å². The number of imidazole rings is 1. The highest BCUT2D eigenvalue weighted by molar-refractivity contribution is 5.61. The first-order valence-electron chi connectivity index (χ1n) is 8.18. The molecule has 27 heavy (non-hydrogen) atoms. The summed E-state index contributed by atoms with van der Waals surface area (Å²) in [6, 6.07) is 4.94. The van der Waals surface area contributed by atoms with E-state index in [-0.39, 0.29) is 17.9 Å². The van der Waals surface area contributed by atoms with Gasteiger partial charge in [0.15, 0.2) is 0 Å². The number of hydrogen-bond acceptors (Lipinski definition) is 4. The fourth-order valence-electron chi connectivity index (χ4n) is 3.07. The van der Waals surface area contributed by atoms with Crippen molar-refractivity contribution >= 4 is 5.69 Å². The standard InChI is InChI=1S/C17H16F5N5/c18-16(19)27-4-3-24-15(27)11-25-5-7-26(8-6-25)14-2-1-13(17(20,21)22)9-12(14)10-23/h1-4,9,16H,5-8,11H2. The molecule has 1 saturated heterocycles. The third-order valence-electron chi connectivity index (χ3n) is 4.48. The average Bonchev–Trinajstić information content (AvgIpc) is 3.09. The molecule has 0 aliphatic carbocycles. The first kappa shape index (κ1) is 19.1. The van der Waals surface area contributed by atoms with E-state index in [2.05, 4.69) is 4.98 Å². The van der Waals surface area contributed by atoms with E-state index in [0.29, 0.717) is 31.9 Å².